The molecule has 2 N–H and O–H groups in total. The molecule has 0 aliphatic rings. The monoisotopic (exact) mass is 220 g/mol. The van der Waals surface area contributed by atoms with Crippen LogP contribution in [0.4, 0.5) is 0 Å². The number of hydrogen-bond donors (Lipinski definition) is 2. The van der Waals surface area contributed by atoms with Crippen LogP contribution in [0.1, 0.15) is 0 Å². The number of nitrogens with one attached hydrogen (secondary N) is 2. The molecule has 0 radical (unpaired) electrons. The summed E-state index contributed by atoms with van der Waals surface area (Å²) in [4.78, 5) is 32.4. The van der Waals surface area contributed by atoms with Gasteiger partial charge < -0.3 is 10.6 Å². The summed E-state index contributed by atoms with van der Waals surface area (Å²) in [5, 5.41) is 4.56. The molecule has 0 fully saturated rings. The molecule has 0 spiro atoms. The minimum Gasteiger partial charge on any atom is -0.329 e. The van der Waals surface area contributed by atoms with Crippen molar-refractivity contribution >= 4 is 17.6 Å². The van der Waals surface area contributed by atoms with Gasteiger partial charge in [-0.1, -0.05) is 13.2 Å². The summed E-state index contributed by atoms with van der Waals surface area (Å²) in [6, 6.07) is 0. The van der Waals surface area contributed by atoms with Crippen molar-refractivity contribution < 1.29 is 14.4 Å². The summed E-state index contributed by atoms with van der Waals surface area (Å²) in [7, 11) is 0. The zero-order valence-electron chi connectivity index (χ0n) is 8.60. The van der Waals surface area contributed by atoms with Crippen molar-refractivity contribution in [2.24, 2.45) is 0 Å². The van der Waals surface area contributed by atoms with Crippen molar-refractivity contribution in [1.82, 2.24) is 10.6 Å². The minimum absolute atomic E-state index is 0.381. The molecule has 0 unspecified atom stereocenters. The number of carbonyl (C=O) groups is 3. The zero-order valence-corrected chi connectivity index (χ0v) is 8.60. The summed E-state index contributed by atoms with van der Waals surface area (Å²) in [5.41, 5.74) is 0. The van der Waals surface area contributed by atoms with Gasteiger partial charge in [0.05, 0.1) is 0 Å². The van der Waals surface area contributed by atoms with Gasteiger partial charge in [-0.2, -0.15) is 0 Å². The Morgan fingerprint density at radius 3 is 1.50 bits per heavy atom. The summed E-state index contributed by atoms with van der Waals surface area (Å²) in [6.45, 7) is 6.47. The molecule has 0 aliphatic heterocycles. The third-order valence-corrected chi connectivity index (χ3v) is 1.32. The Morgan fingerprint density at radius 2 is 1.19 bits per heavy atom. The molecule has 84 valence electrons. The van der Waals surface area contributed by atoms with E-state index in [0.717, 1.165) is 24.3 Å². The normalized spacial score (nSPS) is 10.0. The van der Waals surface area contributed by atoms with Crippen LogP contribution in [-0.4, -0.2) is 17.6 Å². The second kappa shape index (κ2) is 7.93. The van der Waals surface area contributed by atoms with Crippen molar-refractivity contribution in [3.05, 3.63) is 49.9 Å². The second-order valence-corrected chi connectivity index (χ2v) is 2.49. The maximum atomic E-state index is 11.1. The van der Waals surface area contributed by atoms with Gasteiger partial charge in [0.1, 0.15) is 0 Å². The van der Waals surface area contributed by atoms with E-state index in [-0.39, 0.29) is 5.78 Å². The Kier molecular flexibility index (Phi) is 6.72. The number of amides is 2. The summed E-state index contributed by atoms with van der Waals surface area (Å²) < 4.78 is 0. The number of hydrogen-bond acceptors (Lipinski definition) is 3. The lowest BCUT2D eigenvalue weighted by atomic mass is 10.3. The molecule has 0 aliphatic carbocycles. The van der Waals surface area contributed by atoms with Gasteiger partial charge in [-0.3, -0.25) is 14.4 Å². The van der Waals surface area contributed by atoms with Crippen molar-refractivity contribution in [2.75, 3.05) is 0 Å². The highest BCUT2D eigenvalue weighted by Crippen LogP contribution is 1.79. The van der Waals surface area contributed by atoms with E-state index >= 15 is 0 Å². The number of allylic oxidation sites excluding steroid dienone is 2. The average molecular weight is 220 g/mol. The first kappa shape index (κ1) is 13.6. The van der Waals surface area contributed by atoms with E-state index in [2.05, 4.69) is 23.8 Å². The molecule has 0 saturated heterocycles. The number of ketones is 1. The average Bonchev–Trinajstić information content (AvgIpc) is 2.28. The molecule has 0 rings (SSSR count). The lowest BCUT2D eigenvalue weighted by Gasteiger charge is -1.91. The molecule has 0 saturated carbocycles. The van der Waals surface area contributed by atoms with Crippen molar-refractivity contribution in [1.29, 1.82) is 0 Å². The third kappa shape index (κ3) is 7.02. The zero-order chi connectivity index (χ0) is 12.4. The van der Waals surface area contributed by atoms with Crippen molar-refractivity contribution in [3.63, 3.8) is 0 Å². The van der Waals surface area contributed by atoms with Crippen LogP contribution in [-0.2, 0) is 14.4 Å². The van der Waals surface area contributed by atoms with E-state index in [1.54, 1.807) is 0 Å². The van der Waals surface area contributed by atoms with Crippen LogP contribution in [0, 0.1) is 0 Å². The molecular weight excluding hydrogens is 208 g/mol. The molecule has 0 aromatic heterocycles. The predicted molar refractivity (Wildman–Crippen MR) is 60.0 cm³/mol. The molecule has 0 aromatic rings. The number of carbonyl (C=O) groups excluding carboxylic acids is 3. The van der Waals surface area contributed by atoms with Gasteiger partial charge >= 0.3 is 0 Å². The van der Waals surface area contributed by atoms with Gasteiger partial charge in [0, 0.05) is 24.6 Å². The van der Waals surface area contributed by atoms with E-state index in [9.17, 15) is 14.4 Å². The van der Waals surface area contributed by atoms with E-state index in [0.29, 0.717) is 0 Å². The molecule has 16 heavy (non-hydrogen) atoms. The van der Waals surface area contributed by atoms with Gasteiger partial charge in [-0.25, -0.2) is 0 Å². The van der Waals surface area contributed by atoms with E-state index in [4.69, 9.17) is 0 Å². The second-order valence-electron chi connectivity index (χ2n) is 2.49. The Morgan fingerprint density at radius 1 is 0.812 bits per heavy atom. The van der Waals surface area contributed by atoms with Crippen LogP contribution < -0.4 is 10.6 Å². The van der Waals surface area contributed by atoms with E-state index in [1.165, 1.54) is 12.4 Å². The summed E-state index contributed by atoms with van der Waals surface area (Å²) in [6.07, 6.45) is 6.80. The predicted octanol–water partition coefficient (Wildman–Crippen LogP) is 0.187. The first-order chi connectivity index (χ1) is 7.60. The molecule has 0 bridgehead atoms. The van der Waals surface area contributed by atoms with Gasteiger partial charge in [-0.15, -0.1) is 0 Å². The SMILES string of the molecule is C=CC(=O)NC=CC(=O)C=CNC(=O)C=C. The van der Waals surface area contributed by atoms with Crippen molar-refractivity contribution in [2.45, 2.75) is 0 Å². The highest BCUT2D eigenvalue weighted by atomic mass is 16.2. The molecule has 2 amide bonds. The molecular formula is C11H12N2O3. The maximum Gasteiger partial charge on any atom is 0.247 e. The largest absolute Gasteiger partial charge is 0.329 e. The molecule has 5 nitrogen and oxygen atoms in total. The topological polar surface area (TPSA) is 75.3 Å². The highest BCUT2D eigenvalue weighted by molar-refractivity contribution is 6.00. The van der Waals surface area contributed by atoms with E-state index < -0.39 is 11.8 Å². The Labute approximate surface area is 93.2 Å². The molecule has 0 aromatic carbocycles. The summed E-state index contributed by atoms with van der Waals surface area (Å²) in [5.74, 6) is -1.20. The molecule has 0 atom stereocenters. The van der Waals surface area contributed by atoms with Gasteiger partial charge in [0.2, 0.25) is 11.8 Å². The quantitative estimate of drug-likeness (QED) is 0.627. The lowest BCUT2D eigenvalue weighted by molar-refractivity contribution is -0.116. The smallest absolute Gasteiger partial charge is 0.247 e. The van der Waals surface area contributed by atoms with Crippen LogP contribution in [0.3, 0.4) is 0 Å². The Bertz CT molecular complexity index is 333. The summed E-state index contributed by atoms with van der Waals surface area (Å²) >= 11 is 0. The Hall–Kier alpha value is -2.43. The molecule has 0 heterocycles. The minimum atomic E-state index is -0.409. The van der Waals surface area contributed by atoms with Gasteiger partial charge in [-0.05, 0) is 12.2 Å². The first-order valence-electron chi connectivity index (χ1n) is 4.33. The standard InChI is InChI=1S/C11H12N2O3/c1-3-10(15)12-7-5-9(14)6-8-13-11(16)4-2/h3-8H,1-2H2,(H,12,15)(H,13,16). The van der Waals surface area contributed by atoms with Crippen LogP contribution in [0.15, 0.2) is 49.9 Å². The highest BCUT2D eigenvalue weighted by Gasteiger charge is 1.91. The Balaban J connectivity index is 3.98. The van der Waals surface area contributed by atoms with E-state index in [1.807, 2.05) is 0 Å². The maximum absolute atomic E-state index is 11.1. The van der Waals surface area contributed by atoms with Crippen LogP contribution in [0.2, 0.25) is 0 Å². The third-order valence-electron chi connectivity index (χ3n) is 1.32. The van der Waals surface area contributed by atoms with Crippen LogP contribution in [0.5, 0.6) is 0 Å². The van der Waals surface area contributed by atoms with Gasteiger partial charge in [0.25, 0.3) is 0 Å². The molecule has 5 heteroatoms. The van der Waals surface area contributed by atoms with Crippen LogP contribution in [0.25, 0.3) is 0 Å². The lowest BCUT2D eigenvalue weighted by Crippen LogP contribution is -2.14. The van der Waals surface area contributed by atoms with Gasteiger partial charge in [0.15, 0.2) is 5.78 Å². The fraction of sp³-hybridized carbons (Fsp3) is 0. The fourth-order valence-corrected chi connectivity index (χ4v) is 0.585. The first-order valence-corrected chi connectivity index (χ1v) is 4.33. The van der Waals surface area contributed by atoms with Crippen molar-refractivity contribution in [3.8, 4) is 0 Å². The fourth-order valence-electron chi connectivity index (χ4n) is 0.585. The van der Waals surface area contributed by atoms with Crippen LogP contribution >= 0.6 is 0 Å². The number of rotatable bonds is 6.